The summed E-state index contributed by atoms with van der Waals surface area (Å²) in [5.41, 5.74) is 0.589. The molecular weight excluding hydrogens is 286 g/mol. The van der Waals surface area contributed by atoms with Gasteiger partial charge in [0.15, 0.2) is 0 Å². The average Bonchev–Trinajstić information content (AvgIpc) is 3.15. The maximum absolute atomic E-state index is 11.9. The van der Waals surface area contributed by atoms with Gasteiger partial charge in [0, 0.05) is 11.6 Å². The fourth-order valence-corrected chi connectivity index (χ4v) is 2.55. The molecule has 2 heterocycles. The number of carbonyl (C=O) groups is 1. The van der Waals surface area contributed by atoms with Gasteiger partial charge in [-0.15, -0.1) is 11.3 Å². The van der Waals surface area contributed by atoms with Crippen molar-refractivity contribution in [3.05, 3.63) is 40.9 Å². The summed E-state index contributed by atoms with van der Waals surface area (Å²) < 4.78 is 8.96. The van der Waals surface area contributed by atoms with Crippen LogP contribution in [0, 0.1) is 0 Å². The number of nitrogens with zero attached hydrogens (tertiary/aromatic N) is 3. The van der Waals surface area contributed by atoms with Crippen LogP contribution >= 0.6 is 11.3 Å². The summed E-state index contributed by atoms with van der Waals surface area (Å²) in [6.07, 6.45) is 11.8. The predicted octanol–water partition coefficient (Wildman–Crippen LogP) is 2.29. The third kappa shape index (κ3) is 4.53. The van der Waals surface area contributed by atoms with E-state index in [1.807, 2.05) is 28.7 Å². The highest BCUT2D eigenvalue weighted by Gasteiger charge is 2.15. The number of esters is 1. The standard InChI is InChI=1S/C15H20N3O2S/c1-3-4-6-17-7-8-18(12-17)11-13(15(19)20-2)10-14-16-5-9-21-14/h5,7-10,12H,3-4,6,11H2,1-2H3/q+1/b13-10+. The van der Waals surface area contributed by atoms with Crippen molar-refractivity contribution < 1.29 is 14.1 Å². The van der Waals surface area contributed by atoms with Crippen molar-refractivity contribution in [1.29, 1.82) is 0 Å². The molecular formula is C15H20N3O2S+. The molecule has 0 amide bonds. The number of aryl methyl sites for hydroxylation is 1. The molecule has 0 saturated heterocycles. The van der Waals surface area contributed by atoms with Crippen molar-refractivity contribution in [3.63, 3.8) is 0 Å². The molecule has 2 rings (SSSR count). The third-order valence-electron chi connectivity index (χ3n) is 3.07. The molecule has 0 fully saturated rings. The van der Waals surface area contributed by atoms with Gasteiger partial charge in [-0.05, 0) is 12.5 Å². The molecule has 5 nitrogen and oxygen atoms in total. The number of hydrogen-bond donors (Lipinski definition) is 0. The van der Waals surface area contributed by atoms with E-state index in [0.717, 1.165) is 24.4 Å². The number of hydrogen-bond acceptors (Lipinski definition) is 4. The predicted molar refractivity (Wildman–Crippen MR) is 81.6 cm³/mol. The Morgan fingerprint density at radius 3 is 3.10 bits per heavy atom. The van der Waals surface area contributed by atoms with Crippen LogP contribution in [0.1, 0.15) is 24.8 Å². The van der Waals surface area contributed by atoms with Gasteiger partial charge in [-0.25, -0.2) is 18.9 Å². The number of carbonyl (C=O) groups excluding carboxylic acids is 1. The zero-order valence-corrected chi connectivity index (χ0v) is 13.2. The van der Waals surface area contributed by atoms with Crippen molar-refractivity contribution in [2.45, 2.75) is 32.9 Å². The molecule has 0 aliphatic rings. The van der Waals surface area contributed by atoms with Gasteiger partial charge < -0.3 is 4.74 Å². The van der Waals surface area contributed by atoms with Gasteiger partial charge in [-0.2, -0.15) is 0 Å². The van der Waals surface area contributed by atoms with Crippen LogP contribution in [-0.4, -0.2) is 22.6 Å². The first-order valence-corrected chi connectivity index (χ1v) is 7.84. The first kappa shape index (κ1) is 15.4. The minimum absolute atomic E-state index is 0.320. The third-order valence-corrected chi connectivity index (χ3v) is 3.79. The minimum Gasteiger partial charge on any atom is -0.466 e. The van der Waals surface area contributed by atoms with E-state index in [2.05, 4.69) is 16.5 Å². The summed E-state index contributed by atoms with van der Waals surface area (Å²) in [6.45, 7) is 3.64. The first-order valence-electron chi connectivity index (χ1n) is 6.96. The van der Waals surface area contributed by atoms with E-state index in [1.165, 1.54) is 18.4 Å². The molecule has 0 aliphatic carbocycles. The van der Waals surface area contributed by atoms with Crippen LogP contribution in [0.2, 0.25) is 0 Å². The Labute approximate surface area is 128 Å². The van der Waals surface area contributed by atoms with E-state index in [0.29, 0.717) is 12.1 Å². The maximum atomic E-state index is 11.9. The van der Waals surface area contributed by atoms with Crippen molar-refractivity contribution in [2.75, 3.05) is 7.11 Å². The first-order chi connectivity index (χ1) is 10.2. The molecule has 112 valence electrons. The topological polar surface area (TPSA) is 48.0 Å². The van der Waals surface area contributed by atoms with Crippen LogP contribution in [0.4, 0.5) is 0 Å². The number of unbranched alkanes of at least 4 members (excludes halogenated alkanes) is 1. The quantitative estimate of drug-likeness (QED) is 0.448. The van der Waals surface area contributed by atoms with E-state index in [1.54, 1.807) is 12.3 Å². The molecule has 0 atom stereocenters. The van der Waals surface area contributed by atoms with E-state index >= 15 is 0 Å². The Balaban J connectivity index is 2.12. The fraction of sp³-hybridized carbons (Fsp3) is 0.400. The number of rotatable bonds is 7. The summed E-state index contributed by atoms with van der Waals surface area (Å²) in [4.78, 5) is 16.1. The maximum Gasteiger partial charge on any atom is 0.337 e. The highest BCUT2D eigenvalue weighted by molar-refractivity contribution is 7.10. The normalized spacial score (nSPS) is 11.6. The lowest BCUT2D eigenvalue weighted by Crippen LogP contribution is -2.34. The Bertz CT molecular complexity index is 602. The van der Waals surface area contributed by atoms with Crippen LogP contribution in [0.15, 0.2) is 35.9 Å². The molecule has 2 aromatic rings. The smallest absolute Gasteiger partial charge is 0.337 e. The van der Waals surface area contributed by atoms with Crippen molar-refractivity contribution >= 4 is 23.4 Å². The zero-order valence-electron chi connectivity index (χ0n) is 12.4. The van der Waals surface area contributed by atoms with E-state index in [9.17, 15) is 4.79 Å². The Morgan fingerprint density at radius 2 is 2.43 bits per heavy atom. The van der Waals surface area contributed by atoms with Gasteiger partial charge in [0.2, 0.25) is 6.33 Å². The monoisotopic (exact) mass is 306 g/mol. The van der Waals surface area contributed by atoms with Crippen molar-refractivity contribution in [2.24, 2.45) is 0 Å². The van der Waals surface area contributed by atoms with Gasteiger partial charge in [0.25, 0.3) is 0 Å². The molecule has 21 heavy (non-hydrogen) atoms. The number of thiazole rings is 1. The van der Waals surface area contributed by atoms with E-state index in [-0.39, 0.29) is 5.97 Å². The van der Waals surface area contributed by atoms with Gasteiger partial charge in [-0.3, -0.25) is 0 Å². The minimum atomic E-state index is -0.320. The molecule has 0 unspecified atom stereocenters. The summed E-state index contributed by atoms with van der Waals surface area (Å²) >= 11 is 1.50. The van der Waals surface area contributed by atoms with Crippen molar-refractivity contribution in [1.82, 2.24) is 9.55 Å². The highest BCUT2D eigenvalue weighted by Crippen LogP contribution is 2.11. The Hall–Kier alpha value is -1.95. The largest absolute Gasteiger partial charge is 0.466 e. The second-order valence-electron chi connectivity index (χ2n) is 4.71. The van der Waals surface area contributed by atoms with Crippen LogP contribution < -0.4 is 4.57 Å². The summed E-state index contributed by atoms with van der Waals surface area (Å²) in [7, 11) is 1.40. The Morgan fingerprint density at radius 1 is 1.57 bits per heavy atom. The molecule has 6 heteroatoms. The van der Waals surface area contributed by atoms with E-state index < -0.39 is 0 Å². The van der Waals surface area contributed by atoms with Crippen LogP contribution in [0.3, 0.4) is 0 Å². The molecule has 0 bridgehead atoms. The molecule has 0 aromatic carbocycles. The fourth-order valence-electron chi connectivity index (χ4n) is 1.96. The zero-order chi connectivity index (χ0) is 15.1. The van der Waals surface area contributed by atoms with Gasteiger partial charge in [-0.1, -0.05) is 13.3 Å². The highest BCUT2D eigenvalue weighted by atomic mass is 32.1. The lowest BCUT2D eigenvalue weighted by molar-refractivity contribution is -0.687. The van der Waals surface area contributed by atoms with Gasteiger partial charge in [0.05, 0.1) is 19.2 Å². The lowest BCUT2D eigenvalue weighted by atomic mass is 10.2. The molecule has 2 aromatic heterocycles. The Kier molecular flexibility index (Phi) is 5.68. The molecule has 0 saturated carbocycles. The van der Waals surface area contributed by atoms with E-state index in [4.69, 9.17) is 4.74 Å². The number of ether oxygens (including phenoxy) is 1. The lowest BCUT2D eigenvalue weighted by Gasteiger charge is -2.02. The second kappa shape index (κ2) is 7.73. The van der Waals surface area contributed by atoms with Gasteiger partial charge >= 0.3 is 5.97 Å². The summed E-state index contributed by atoms with van der Waals surface area (Å²) in [5, 5.41) is 2.69. The summed E-state index contributed by atoms with van der Waals surface area (Å²) in [5.74, 6) is -0.320. The van der Waals surface area contributed by atoms with Crippen molar-refractivity contribution in [3.8, 4) is 0 Å². The SMILES string of the molecule is CCCCn1cc[n+](C/C(=C\c2nccs2)C(=O)OC)c1. The van der Waals surface area contributed by atoms with Gasteiger partial charge in [0.1, 0.15) is 23.9 Å². The number of imidazole rings is 1. The van der Waals surface area contributed by atoms with Crippen LogP contribution in [0.25, 0.3) is 6.08 Å². The summed E-state index contributed by atoms with van der Waals surface area (Å²) in [6, 6.07) is 0. The molecule has 0 radical (unpaired) electrons. The average molecular weight is 306 g/mol. The van der Waals surface area contributed by atoms with Crippen LogP contribution in [-0.2, 0) is 22.6 Å². The molecule has 0 N–H and O–H groups in total. The molecule has 0 spiro atoms. The second-order valence-corrected chi connectivity index (χ2v) is 5.63. The van der Waals surface area contributed by atoms with Crippen LogP contribution in [0.5, 0.6) is 0 Å². The number of aromatic nitrogens is 3. The molecule has 0 aliphatic heterocycles. The number of methoxy groups -OCH3 is 1.